The van der Waals surface area contributed by atoms with E-state index < -0.39 is 23.9 Å². The van der Waals surface area contributed by atoms with Gasteiger partial charge in [-0.25, -0.2) is 9.59 Å². The summed E-state index contributed by atoms with van der Waals surface area (Å²) in [6.07, 6.45) is -0.360. The molecule has 17 heavy (non-hydrogen) atoms. The maximum atomic E-state index is 11.4. The number of esters is 2. The fourth-order valence-corrected chi connectivity index (χ4v) is 1.10. The van der Waals surface area contributed by atoms with Crippen LogP contribution in [0, 0.1) is 0 Å². The molecule has 0 bridgehead atoms. The number of nitrogens with two attached hydrogens (primary N) is 2. The summed E-state index contributed by atoms with van der Waals surface area (Å²) in [5.74, 6) is -2.52. The molecule has 0 heterocycles. The Morgan fingerprint density at radius 1 is 1.18 bits per heavy atom. The minimum absolute atomic E-state index is 0.229. The molecule has 0 fully saturated rings. The third-order valence-electron chi connectivity index (χ3n) is 1.93. The fraction of sp³-hybridized carbons (Fsp3) is 0.182. The van der Waals surface area contributed by atoms with Gasteiger partial charge in [-0.15, -0.1) is 0 Å². The highest BCUT2D eigenvalue weighted by atomic mass is 16.6. The van der Waals surface area contributed by atoms with E-state index in [2.05, 4.69) is 4.74 Å². The number of primary amides is 1. The van der Waals surface area contributed by atoms with E-state index in [1.54, 1.807) is 18.2 Å². The van der Waals surface area contributed by atoms with Gasteiger partial charge in [0.25, 0.3) is 0 Å². The fourth-order valence-electron chi connectivity index (χ4n) is 1.10. The minimum Gasteiger partial charge on any atom is -0.388 e. The molecule has 6 nitrogen and oxygen atoms in total. The van der Waals surface area contributed by atoms with Crippen LogP contribution in [0.4, 0.5) is 0 Å². The van der Waals surface area contributed by atoms with Crippen LogP contribution >= 0.6 is 0 Å². The lowest BCUT2D eigenvalue weighted by molar-refractivity contribution is -0.141. The normalized spacial score (nSPS) is 11.6. The number of carbonyl (C=O) groups is 3. The molecule has 0 spiro atoms. The van der Waals surface area contributed by atoms with Crippen molar-refractivity contribution in [3.8, 4) is 0 Å². The molecule has 90 valence electrons. The maximum absolute atomic E-state index is 11.4. The van der Waals surface area contributed by atoms with Crippen molar-refractivity contribution in [2.45, 2.75) is 12.5 Å². The highest BCUT2D eigenvalue weighted by molar-refractivity contribution is 5.98. The van der Waals surface area contributed by atoms with Gasteiger partial charge in [-0.05, 0) is 12.1 Å². The summed E-state index contributed by atoms with van der Waals surface area (Å²) in [6, 6.07) is 6.75. The number of hydrogen-bond donors (Lipinski definition) is 2. The number of hydrogen-bond acceptors (Lipinski definition) is 5. The van der Waals surface area contributed by atoms with Crippen molar-refractivity contribution in [1.29, 1.82) is 0 Å². The van der Waals surface area contributed by atoms with Crippen LogP contribution in [0.5, 0.6) is 0 Å². The SMILES string of the molecule is NC(=O)C[C@H](N)C(=O)OC(=O)c1ccccc1. The lowest BCUT2D eigenvalue weighted by Crippen LogP contribution is -2.37. The van der Waals surface area contributed by atoms with Gasteiger partial charge in [0, 0.05) is 0 Å². The van der Waals surface area contributed by atoms with Crippen molar-refractivity contribution >= 4 is 17.8 Å². The quantitative estimate of drug-likeness (QED) is 0.544. The van der Waals surface area contributed by atoms with Crippen molar-refractivity contribution < 1.29 is 19.1 Å². The largest absolute Gasteiger partial charge is 0.388 e. The zero-order valence-corrected chi connectivity index (χ0v) is 8.96. The Hall–Kier alpha value is -2.21. The smallest absolute Gasteiger partial charge is 0.345 e. The molecule has 4 N–H and O–H groups in total. The van der Waals surface area contributed by atoms with Gasteiger partial charge in [-0.1, -0.05) is 18.2 Å². The zero-order chi connectivity index (χ0) is 12.8. The topological polar surface area (TPSA) is 112 Å². The third kappa shape index (κ3) is 4.04. The van der Waals surface area contributed by atoms with E-state index in [0.717, 1.165) is 0 Å². The van der Waals surface area contributed by atoms with E-state index in [4.69, 9.17) is 11.5 Å². The predicted molar refractivity (Wildman–Crippen MR) is 58.7 cm³/mol. The van der Waals surface area contributed by atoms with Gasteiger partial charge in [0.1, 0.15) is 6.04 Å². The highest BCUT2D eigenvalue weighted by Gasteiger charge is 2.21. The van der Waals surface area contributed by atoms with E-state index in [-0.39, 0.29) is 12.0 Å². The molecule has 1 rings (SSSR count). The van der Waals surface area contributed by atoms with Crippen molar-refractivity contribution in [2.24, 2.45) is 11.5 Å². The van der Waals surface area contributed by atoms with Gasteiger partial charge in [0.2, 0.25) is 5.91 Å². The molecule has 0 aliphatic rings. The van der Waals surface area contributed by atoms with Gasteiger partial charge in [-0.2, -0.15) is 0 Å². The second-order valence-electron chi connectivity index (χ2n) is 3.35. The second-order valence-corrected chi connectivity index (χ2v) is 3.35. The summed E-state index contributed by atoms with van der Waals surface area (Å²) in [6.45, 7) is 0. The van der Waals surface area contributed by atoms with Gasteiger partial charge in [0.05, 0.1) is 12.0 Å². The van der Waals surface area contributed by atoms with Crippen LogP contribution in [-0.4, -0.2) is 23.9 Å². The Kier molecular flexibility index (Phi) is 4.36. The van der Waals surface area contributed by atoms with E-state index in [9.17, 15) is 14.4 Å². The Morgan fingerprint density at radius 2 is 1.76 bits per heavy atom. The standard InChI is InChI=1S/C11H12N2O4/c12-8(6-9(13)14)11(16)17-10(15)7-4-2-1-3-5-7/h1-5,8H,6,12H2,(H2,13,14)/t8-/m0/s1. The first-order valence-corrected chi connectivity index (χ1v) is 4.85. The summed E-state index contributed by atoms with van der Waals surface area (Å²) in [7, 11) is 0. The molecule has 1 aromatic rings. The molecule has 0 saturated heterocycles. The predicted octanol–water partition coefficient (Wildman–Crippen LogP) is -0.427. The third-order valence-corrected chi connectivity index (χ3v) is 1.93. The van der Waals surface area contributed by atoms with Gasteiger partial charge in [-0.3, -0.25) is 4.79 Å². The summed E-state index contributed by atoms with van der Waals surface area (Å²) < 4.78 is 4.49. The molecule has 1 aromatic carbocycles. The number of benzene rings is 1. The van der Waals surface area contributed by atoms with Crippen LogP contribution in [0.3, 0.4) is 0 Å². The van der Waals surface area contributed by atoms with E-state index in [1.807, 2.05) is 0 Å². The first-order chi connectivity index (χ1) is 8.00. The van der Waals surface area contributed by atoms with E-state index in [0.29, 0.717) is 0 Å². The maximum Gasteiger partial charge on any atom is 0.345 e. The first-order valence-electron chi connectivity index (χ1n) is 4.85. The van der Waals surface area contributed by atoms with Crippen molar-refractivity contribution in [1.82, 2.24) is 0 Å². The molecule has 1 amide bonds. The van der Waals surface area contributed by atoms with Crippen LogP contribution in [0.15, 0.2) is 30.3 Å². The molecule has 0 radical (unpaired) electrons. The van der Waals surface area contributed by atoms with Crippen LogP contribution < -0.4 is 11.5 Å². The van der Waals surface area contributed by atoms with Crippen LogP contribution in [0.25, 0.3) is 0 Å². The van der Waals surface area contributed by atoms with Gasteiger partial charge >= 0.3 is 11.9 Å². The summed E-state index contributed by atoms with van der Waals surface area (Å²) >= 11 is 0. The van der Waals surface area contributed by atoms with Crippen LogP contribution in [0.2, 0.25) is 0 Å². The van der Waals surface area contributed by atoms with E-state index in [1.165, 1.54) is 12.1 Å². The molecule has 0 aromatic heterocycles. The number of rotatable bonds is 4. The Morgan fingerprint density at radius 3 is 2.29 bits per heavy atom. The lowest BCUT2D eigenvalue weighted by Gasteiger charge is -2.08. The average Bonchev–Trinajstić information content (AvgIpc) is 2.29. The van der Waals surface area contributed by atoms with Crippen LogP contribution in [-0.2, 0) is 14.3 Å². The molecule has 1 atom stereocenters. The number of amides is 1. The first kappa shape index (κ1) is 12.9. The van der Waals surface area contributed by atoms with Crippen molar-refractivity contribution in [2.75, 3.05) is 0 Å². The number of ether oxygens (including phenoxy) is 1. The highest BCUT2D eigenvalue weighted by Crippen LogP contribution is 2.02. The lowest BCUT2D eigenvalue weighted by atomic mass is 10.2. The molecule has 0 aliphatic carbocycles. The monoisotopic (exact) mass is 236 g/mol. The zero-order valence-electron chi connectivity index (χ0n) is 8.96. The summed E-state index contributed by atoms with van der Waals surface area (Å²) in [4.78, 5) is 33.2. The number of carbonyl (C=O) groups excluding carboxylic acids is 3. The molecule has 0 saturated carbocycles. The van der Waals surface area contributed by atoms with Gasteiger partial charge in [0.15, 0.2) is 0 Å². The summed E-state index contributed by atoms with van der Waals surface area (Å²) in [5.41, 5.74) is 10.4. The summed E-state index contributed by atoms with van der Waals surface area (Å²) in [5, 5.41) is 0. The van der Waals surface area contributed by atoms with Crippen molar-refractivity contribution in [3.63, 3.8) is 0 Å². The molecule has 0 unspecified atom stereocenters. The minimum atomic E-state index is -1.22. The Balaban J connectivity index is 2.58. The molecular weight excluding hydrogens is 224 g/mol. The molecule has 0 aliphatic heterocycles. The van der Waals surface area contributed by atoms with E-state index >= 15 is 0 Å². The Labute approximate surface area is 97.5 Å². The Bertz CT molecular complexity index is 430. The van der Waals surface area contributed by atoms with Crippen LogP contribution in [0.1, 0.15) is 16.8 Å². The average molecular weight is 236 g/mol. The van der Waals surface area contributed by atoms with Gasteiger partial charge < -0.3 is 16.2 Å². The molecule has 6 heteroatoms. The van der Waals surface area contributed by atoms with Crippen molar-refractivity contribution in [3.05, 3.63) is 35.9 Å². The molecular formula is C11H12N2O4. The second kappa shape index (κ2) is 5.76.